The van der Waals surface area contributed by atoms with Crippen molar-refractivity contribution in [3.63, 3.8) is 0 Å². The standard InChI is InChI=1S/C27H24N4O2S/c1-18-9-8-10-19(2)25(18)31-26(33)21-13-6-7-14-23(21)28-27(31)34-17-24(32)30-16-15-22(29-30)20-11-4-3-5-12-20/h3-14H,15-17H2,1-2H3. The van der Waals surface area contributed by atoms with Crippen molar-refractivity contribution in [1.82, 2.24) is 14.6 Å². The van der Waals surface area contributed by atoms with Crippen molar-refractivity contribution < 1.29 is 4.79 Å². The second-order valence-electron chi connectivity index (χ2n) is 8.26. The fraction of sp³-hybridized carbons (Fsp3) is 0.185. The van der Waals surface area contributed by atoms with E-state index in [0.717, 1.165) is 34.5 Å². The number of carbonyl (C=O) groups excluding carboxylic acids is 1. The normalized spacial score (nSPS) is 13.4. The molecule has 0 aliphatic carbocycles. The summed E-state index contributed by atoms with van der Waals surface area (Å²) in [5.74, 6) is 0.0350. The van der Waals surface area contributed by atoms with Crippen molar-refractivity contribution in [1.29, 1.82) is 0 Å². The molecule has 0 saturated carbocycles. The van der Waals surface area contributed by atoms with E-state index in [-0.39, 0.29) is 17.2 Å². The van der Waals surface area contributed by atoms with Gasteiger partial charge in [0.2, 0.25) is 0 Å². The fourth-order valence-electron chi connectivity index (χ4n) is 4.24. The molecule has 0 fully saturated rings. The maximum absolute atomic E-state index is 13.5. The van der Waals surface area contributed by atoms with Crippen LogP contribution in [0.3, 0.4) is 0 Å². The summed E-state index contributed by atoms with van der Waals surface area (Å²) in [6, 6.07) is 23.2. The molecular formula is C27H24N4O2S. The van der Waals surface area contributed by atoms with E-state index in [1.165, 1.54) is 16.8 Å². The summed E-state index contributed by atoms with van der Waals surface area (Å²) in [6.45, 7) is 4.51. The van der Waals surface area contributed by atoms with Gasteiger partial charge in [-0.15, -0.1) is 0 Å². The summed E-state index contributed by atoms with van der Waals surface area (Å²) in [7, 11) is 0. The molecule has 1 aromatic heterocycles. The van der Waals surface area contributed by atoms with Crippen LogP contribution < -0.4 is 5.56 Å². The van der Waals surface area contributed by atoms with Gasteiger partial charge in [-0.25, -0.2) is 9.99 Å². The van der Waals surface area contributed by atoms with E-state index >= 15 is 0 Å². The number of nitrogens with zero attached hydrogens (tertiary/aromatic N) is 4. The van der Waals surface area contributed by atoms with Crippen molar-refractivity contribution >= 4 is 34.3 Å². The van der Waals surface area contributed by atoms with Crippen molar-refractivity contribution in [2.45, 2.75) is 25.4 Å². The van der Waals surface area contributed by atoms with Gasteiger partial charge in [0, 0.05) is 6.42 Å². The van der Waals surface area contributed by atoms with Crippen LogP contribution in [-0.2, 0) is 4.79 Å². The molecule has 1 aliphatic heterocycles. The number of fused-ring (bicyclic) bond motifs is 1. The summed E-state index contributed by atoms with van der Waals surface area (Å²) >= 11 is 1.27. The molecule has 0 spiro atoms. The minimum atomic E-state index is -0.136. The van der Waals surface area contributed by atoms with Crippen molar-refractivity contribution in [3.05, 3.63) is 99.8 Å². The molecule has 5 rings (SSSR count). The van der Waals surface area contributed by atoms with Crippen LogP contribution in [0.4, 0.5) is 0 Å². The lowest BCUT2D eigenvalue weighted by Crippen LogP contribution is -2.27. The Morgan fingerprint density at radius 1 is 0.941 bits per heavy atom. The van der Waals surface area contributed by atoms with Crippen molar-refractivity contribution in [2.24, 2.45) is 5.10 Å². The van der Waals surface area contributed by atoms with E-state index in [0.29, 0.717) is 22.6 Å². The second-order valence-corrected chi connectivity index (χ2v) is 9.20. The molecule has 0 saturated heterocycles. The van der Waals surface area contributed by atoms with Gasteiger partial charge in [-0.3, -0.25) is 14.2 Å². The summed E-state index contributed by atoms with van der Waals surface area (Å²) < 4.78 is 1.65. The smallest absolute Gasteiger partial charge is 0.266 e. The first kappa shape index (κ1) is 22.1. The van der Waals surface area contributed by atoms with E-state index in [4.69, 9.17) is 4.98 Å². The monoisotopic (exact) mass is 468 g/mol. The average molecular weight is 469 g/mol. The van der Waals surface area contributed by atoms with Gasteiger partial charge in [0.1, 0.15) is 0 Å². The van der Waals surface area contributed by atoms with Gasteiger partial charge in [-0.1, -0.05) is 72.4 Å². The maximum atomic E-state index is 13.5. The molecule has 1 amide bonds. The lowest BCUT2D eigenvalue weighted by Gasteiger charge is -2.17. The van der Waals surface area contributed by atoms with Crippen LogP contribution in [0.5, 0.6) is 0 Å². The SMILES string of the molecule is Cc1cccc(C)c1-n1c(SCC(=O)N2CCC(c3ccccc3)=N2)nc2ccccc2c1=O. The molecule has 34 heavy (non-hydrogen) atoms. The number of hydrogen-bond donors (Lipinski definition) is 0. The van der Waals surface area contributed by atoms with Crippen molar-refractivity contribution in [3.8, 4) is 5.69 Å². The number of aryl methyl sites for hydroxylation is 2. The number of aromatic nitrogens is 2. The zero-order valence-electron chi connectivity index (χ0n) is 19.1. The number of carbonyl (C=O) groups is 1. The van der Waals surface area contributed by atoms with E-state index in [2.05, 4.69) is 5.10 Å². The number of amides is 1. The van der Waals surface area contributed by atoms with Gasteiger partial charge in [-0.05, 0) is 42.7 Å². The van der Waals surface area contributed by atoms with Gasteiger partial charge in [0.25, 0.3) is 11.5 Å². The first-order chi connectivity index (χ1) is 16.5. The summed E-state index contributed by atoms with van der Waals surface area (Å²) in [5, 5.41) is 7.12. The fourth-order valence-corrected chi connectivity index (χ4v) is 5.10. The summed E-state index contributed by atoms with van der Waals surface area (Å²) in [4.78, 5) is 31.3. The third kappa shape index (κ3) is 4.15. The molecule has 0 bridgehead atoms. The predicted octanol–water partition coefficient (Wildman–Crippen LogP) is 4.73. The average Bonchev–Trinajstić information content (AvgIpc) is 3.35. The summed E-state index contributed by atoms with van der Waals surface area (Å²) in [5.41, 5.74) is 5.19. The van der Waals surface area contributed by atoms with E-state index in [1.807, 2.05) is 80.6 Å². The third-order valence-electron chi connectivity index (χ3n) is 5.93. The zero-order chi connectivity index (χ0) is 23.7. The Hall–Kier alpha value is -3.71. The first-order valence-corrected chi connectivity index (χ1v) is 12.2. The third-order valence-corrected chi connectivity index (χ3v) is 6.85. The minimum absolute atomic E-state index is 0.105. The van der Waals surface area contributed by atoms with Gasteiger partial charge < -0.3 is 0 Å². The Labute approximate surface area is 201 Å². The number of benzene rings is 3. The molecule has 170 valence electrons. The molecule has 1 aliphatic rings. The Balaban J connectivity index is 1.48. The van der Waals surface area contributed by atoms with Crippen LogP contribution >= 0.6 is 11.8 Å². The molecule has 4 aromatic rings. The number of para-hydroxylation sites is 2. The molecule has 2 heterocycles. The Bertz CT molecular complexity index is 1460. The minimum Gasteiger partial charge on any atom is -0.272 e. The maximum Gasteiger partial charge on any atom is 0.266 e. The highest BCUT2D eigenvalue weighted by atomic mass is 32.2. The van der Waals surface area contributed by atoms with Crippen LogP contribution in [0, 0.1) is 13.8 Å². The lowest BCUT2D eigenvalue weighted by atomic mass is 10.1. The largest absolute Gasteiger partial charge is 0.272 e. The quantitative estimate of drug-likeness (QED) is 0.314. The van der Waals surface area contributed by atoms with Crippen molar-refractivity contribution in [2.75, 3.05) is 12.3 Å². The number of rotatable bonds is 5. The molecule has 0 atom stereocenters. The molecule has 0 unspecified atom stereocenters. The highest BCUT2D eigenvalue weighted by molar-refractivity contribution is 7.99. The number of thioether (sulfide) groups is 1. The van der Waals surface area contributed by atoms with E-state index < -0.39 is 0 Å². The zero-order valence-corrected chi connectivity index (χ0v) is 19.9. The molecule has 6 nitrogen and oxygen atoms in total. The Kier molecular flexibility index (Phi) is 6.02. The molecule has 0 N–H and O–H groups in total. The highest BCUT2D eigenvalue weighted by Crippen LogP contribution is 2.26. The van der Waals surface area contributed by atoms with E-state index in [1.54, 1.807) is 10.6 Å². The summed E-state index contributed by atoms with van der Waals surface area (Å²) in [6.07, 6.45) is 0.724. The van der Waals surface area contributed by atoms with Gasteiger partial charge in [0.05, 0.1) is 34.6 Å². The van der Waals surface area contributed by atoms with Gasteiger partial charge >= 0.3 is 0 Å². The van der Waals surface area contributed by atoms with Gasteiger partial charge in [-0.2, -0.15) is 5.10 Å². The molecular weight excluding hydrogens is 444 g/mol. The van der Waals surface area contributed by atoms with Crippen LogP contribution in [0.15, 0.2) is 87.8 Å². The van der Waals surface area contributed by atoms with Crippen LogP contribution in [0.2, 0.25) is 0 Å². The highest BCUT2D eigenvalue weighted by Gasteiger charge is 2.23. The Morgan fingerprint density at radius 3 is 2.41 bits per heavy atom. The van der Waals surface area contributed by atoms with Crippen LogP contribution in [0.1, 0.15) is 23.1 Å². The molecule has 7 heteroatoms. The van der Waals surface area contributed by atoms with Crippen LogP contribution in [0.25, 0.3) is 16.6 Å². The van der Waals surface area contributed by atoms with E-state index in [9.17, 15) is 9.59 Å². The van der Waals surface area contributed by atoms with Crippen LogP contribution in [-0.4, -0.2) is 38.5 Å². The Morgan fingerprint density at radius 2 is 1.65 bits per heavy atom. The molecule has 0 radical (unpaired) electrons. The number of hydrazone groups is 1. The lowest BCUT2D eigenvalue weighted by molar-refractivity contribution is -0.127. The second kappa shape index (κ2) is 9.27. The topological polar surface area (TPSA) is 67.6 Å². The van der Waals surface area contributed by atoms with Gasteiger partial charge in [0.15, 0.2) is 5.16 Å². The predicted molar refractivity (Wildman–Crippen MR) is 137 cm³/mol. The molecule has 3 aromatic carbocycles. The number of hydrogen-bond acceptors (Lipinski definition) is 5. The first-order valence-electron chi connectivity index (χ1n) is 11.2.